The zero-order valence-corrected chi connectivity index (χ0v) is 33.1. The van der Waals surface area contributed by atoms with Crippen molar-refractivity contribution in [1.29, 1.82) is 0 Å². The van der Waals surface area contributed by atoms with Gasteiger partial charge in [0.1, 0.15) is 0 Å². The number of unbranched alkanes of at least 4 members (excludes halogenated alkanes) is 2. The maximum atomic E-state index is 10.3. The largest absolute Gasteiger partial charge is 0.437 e. The summed E-state index contributed by atoms with van der Waals surface area (Å²) in [5, 5.41) is 20.6. The van der Waals surface area contributed by atoms with E-state index in [2.05, 4.69) is 91.7 Å². The smallest absolute Gasteiger partial charge is 0.314 e. The molecule has 0 spiro atoms. The highest BCUT2D eigenvalue weighted by molar-refractivity contribution is 6.88. The Balaban J connectivity index is 5.05. The highest BCUT2D eigenvalue weighted by Gasteiger charge is 2.41. The molecule has 0 aromatic carbocycles. The predicted octanol–water partition coefficient (Wildman–Crippen LogP) is 7.85. The lowest BCUT2D eigenvalue weighted by Crippen LogP contribution is -2.52. The van der Waals surface area contributed by atoms with Crippen molar-refractivity contribution in [2.45, 2.75) is 142 Å². The molecule has 37 heavy (non-hydrogen) atoms. The van der Waals surface area contributed by atoms with Gasteiger partial charge in [0, 0.05) is 5.41 Å². The molecule has 0 aromatic heterocycles. The molecule has 0 bridgehead atoms. The van der Waals surface area contributed by atoms with Gasteiger partial charge in [-0.3, -0.25) is 0 Å². The average Bonchev–Trinajstić information content (AvgIpc) is 2.61. The Labute approximate surface area is 237 Å². The minimum Gasteiger partial charge on any atom is -0.437 e. The molecule has 2 N–H and O–H groups in total. The van der Waals surface area contributed by atoms with Gasteiger partial charge in [-0.1, -0.05) is 25.7 Å². The Morgan fingerprint density at radius 1 is 0.432 bits per heavy atom. The Kier molecular flexibility index (Phi) is 15.2. The molecular weight excluding hydrogens is 565 g/mol. The van der Waals surface area contributed by atoms with E-state index in [9.17, 15) is 10.2 Å². The van der Waals surface area contributed by atoms with Crippen molar-refractivity contribution in [1.82, 2.24) is 0 Å². The fraction of sp³-hybridized carbons (Fsp3) is 1.00. The van der Waals surface area contributed by atoms with Gasteiger partial charge >= 0.3 is 17.1 Å². The van der Waals surface area contributed by atoms with E-state index in [1.807, 2.05) is 0 Å². The van der Waals surface area contributed by atoms with Crippen LogP contribution in [0.3, 0.4) is 0 Å². The fourth-order valence-electron chi connectivity index (χ4n) is 5.22. The molecule has 6 nitrogen and oxygen atoms in total. The fourth-order valence-corrected chi connectivity index (χ4v) is 30.4. The van der Waals surface area contributed by atoms with Crippen LogP contribution in [0.25, 0.3) is 0 Å². The van der Waals surface area contributed by atoms with Gasteiger partial charge in [-0.2, -0.15) is 0 Å². The molecule has 0 saturated carbocycles. The van der Waals surface area contributed by atoms with E-state index in [0.717, 1.165) is 50.6 Å². The first kappa shape index (κ1) is 38.1. The van der Waals surface area contributed by atoms with Crippen LogP contribution in [-0.2, 0) is 16.5 Å². The van der Waals surface area contributed by atoms with Gasteiger partial charge in [0.15, 0.2) is 33.3 Å². The first-order chi connectivity index (χ1) is 16.4. The third-order valence-corrected chi connectivity index (χ3v) is 25.2. The van der Waals surface area contributed by atoms with Crippen molar-refractivity contribution < 1.29 is 26.7 Å². The van der Waals surface area contributed by atoms with E-state index < -0.39 is 55.8 Å². The molecule has 0 fully saturated rings. The van der Waals surface area contributed by atoms with Crippen LogP contribution in [0, 0.1) is 5.41 Å². The normalized spacial score (nSPS) is 14.9. The number of hydrogen-bond donors (Lipinski definition) is 2. The number of hydrogen-bond acceptors (Lipinski definition) is 6. The van der Waals surface area contributed by atoms with Crippen molar-refractivity contribution in [2.75, 3.05) is 13.2 Å². The van der Waals surface area contributed by atoms with Gasteiger partial charge in [-0.05, 0) is 117 Å². The van der Waals surface area contributed by atoms with E-state index >= 15 is 0 Å². The summed E-state index contributed by atoms with van der Waals surface area (Å²) in [5.74, 6) is 0. The second-order valence-electron chi connectivity index (χ2n) is 15.4. The molecular formula is C25H64O6Si6. The third-order valence-electron chi connectivity index (χ3n) is 5.94. The maximum Gasteiger partial charge on any atom is 0.314 e. The molecule has 0 rings (SSSR count). The highest BCUT2D eigenvalue weighted by Crippen LogP contribution is 2.34. The lowest BCUT2D eigenvalue weighted by atomic mass is 9.80. The van der Waals surface area contributed by atoms with E-state index in [1.54, 1.807) is 0 Å². The molecule has 224 valence electrons. The first-order valence-corrected chi connectivity index (χ1v) is 33.1. The standard InChI is InChI=1S/C25H64O6Si6/c1-32(2,3)28-36(13,29-33(4,5)6)21-17-15-19-25(23-26,24-27)20-16-18-22-37(14,30-34(7,8)9)31-35(10,11)12/h26-27H,15-24H2,1-14H3. The van der Waals surface area contributed by atoms with Crippen LogP contribution in [0.1, 0.15) is 38.5 Å². The first-order valence-electron chi connectivity index (χ1n) is 14.4. The van der Waals surface area contributed by atoms with E-state index in [0.29, 0.717) is 0 Å². The number of rotatable bonds is 20. The summed E-state index contributed by atoms with van der Waals surface area (Å²) in [6.45, 7) is 31.4. The van der Waals surface area contributed by atoms with E-state index in [4.69, 9.17) is 16.5 Å². The minimum atomic E-state index is -2.25. The molecule has 0 atom stereocenters. The lowest BCUT2D eigenvalue weighted by molar-refractivity contribution is 0.0360. The molecule has 0 saturated heterocycles. The van der Waals surface area contributed by atoms with Gasteiger partial charge in [0.25, 0.3) is 0 Å². The van der Waals surface area contributed by atoms with Gasteiger partial charge < -0.3 is 26.7 Å². The van der Waals surface area contributed by atoms with Crippen molar-refractivity contribution in [3.05, 3.63) is 0 Å². The van der Waals surface area contributed by atoms with Crippen LogP contribution in [0.15, 0.2) is 0 Å². The third kappa shape index (κ3) is 18.9. The second kappa shape index (κ2) is 14.8. The number of aliphatic hydroxyl groups is 2. The quantitative estimate of drug-likeness (QED) is 0.106. The van der Waals surface area contributed by atoms with Crippen LogP contribution in [0.2, 0.25) is 104 Å². The summed E-state index contributed by atoms with van der Waals surface area (Å²) in [6, 6.07) is 1.95. The van der Waals surface area contributed by atoms with Crippen molar-refractivity contribution >= 4 is 50.4 Å². The second-order valence-corrected chi connectivity index (χ2v) is 41.1. The van der Waals surface area contributed by atoms with Crippen LogP contribution in [-0.4, -0.2) is 73.8 Å². The molecule has 0 aromatic rings. The zero-order chi connectivity index (χ0) is 29.4. The predicted molar refractivity (Wildman–Crippen MR) is 175 cm³/mol. The Morgan fingerprint density at radius 3 is 0.865 bits per heavy atom. The van der Waals surface area contributed by atoms with Crippen molar-refractivity contribution in [3.8, 4) is 0 Å². The Hall–Kier alpha value is 1.06. The Bertz CT molecular complexity index is 564. The summed E-state index contributed by atoms with van der Waals surface area (Å²) in [7, 11) is -11.3. The summed E-state index contributed by atoms with van der Waals surface area (Å²) < 4.78 is 26.6. The zero-order valence-electron chi connectivity index (χ0n) is 27.1. The monoisotopic (exact) mass is 628 g/mol. The van der Waals surface area contributed by atoms with E-state index in [1.165, 1.54) is 0 Å². The van der Waals surface area contributed by atoms with Gasteiger partial charge in [0.05, 0.1) is 13.2 Å². The highest BCUT2D eigenvalue weighted by atomic mass is 28.5. The van der Waals surface area contributed by atoms with Gasteiger partial charge in [0.2, 0.25) is 0 Å². The molecule has 0 amide bonds. The van der Waals surface area contributed by atoms with Crippen molar-refractivity contribution in [2.24, 2.45) is 5.41 Å². The molecule has 0 radical (unpaired) electrons. The van der Waals surface area contributed by atoms with Crippen LogP contribution in [0.4, 0.5) is 0 Å². The van der Waals surface area contributed by atoms with Crippen LogP contribution >= 0.6 is 0 Å². The van der Waals surface area contributed by atoms with Crippen molar-refractivity contribution in [3.63, 3.8) is 0 Å². The summed E-state index contributed by atoms with van der Waals surface area (Å²) >= 11 is 0. The summed E-state index contributed by atoms with van der Waals surface area (Å²) in [4.78, 5) is 0. The minimum absolute atomic E-state index is 0.0283. The summed E-state index contributed by atoms with van der Waals surface area (Å²) in [5.41, 5.74) is -0.422. The average molecular weight is 629 g/mol. The lowest BCUT2D eigenvalue weighted by Gasteiger charge is -2.39. The molecule has 0 aliphatic heterocycles. The summed E-state index contributed by atoms with van der Waals surface area (Å²) in [6.07, 6.45) is 5.62. The molecule has 0 aliphatic rings. The maximum absolute atomic E-state index is 10.3. The number of aliphatic hydroxyl groups excluding tert-OH is 2. The molecule has 12 heteroatoms. The molecule has 0 unspecified atom stereocenters. The molecule has 0 aliphatic carbocycles. The Morgan fingerprint density at radius 2 is 0.676 bits per heavy atom. The molecule has 0 heterocycles. The topological polar surface area (TPSA) is 77.4 Å². The van der Waals surface area contributed by atoms with Crippen LogP contribution in [0.5, 0.6) is 0 Å². The van der Waals surface area contributed by atoms with E-state index in [-0.39, 0.29) is 13.2 Å². The van der Waals surface area contributed by atoms with Gasteiger partial charge in [-0.25, -0.2) is 0 Å². The SMILES string of the molecule is C[Si](C)(C)O[Si](C)(CCCCC(CO)(CO)CCCC[Si](C)(O[Si](C)(C)C)O[Si](C)(C)C)O[Si](C)(C)C. The van der Waals surface area contributed by atoms with Gasteiger partial charge in [-0.15, -0.1) is 0 Å². The van der Waals surface area contributed by atoms with Crippen LogP contribution < -0.4 is 0 Å².